The lowest BCUT2D eigenvalue weighted by Crippen LogP contribution is -2.22. The van der Waals surface area contributed by atoms with Crippen LogP contribution >= 0.6 is 11.6 Å². The second-order valence-corrected chi connectivity index (χ2v) is 5.69. The van der Waals surface area contributed by atoms with E-state index in [1.807, 2.05) is 0 Å². The molecule has 16 heavy (non-hydrogen) atoms. The maximum atomic E-state index is 11.4. The second kappa shape index (κ2) is 4.40. The van der Waals surface area contributed by atoms with Crippen molar-refractivity contribution < 1.29 is 18.3 Å². The van der Waals surface area contributed by atoms with Crippen LogP contribution in [0.3, 0.4) is 0 Å². The highest BCUT2D eigenvalue weighted by atomic mass is 35.5. The van der Waals surface area contributed by atoms with Crippen molar-refractivity contribution in [2.75, 3.05) is 6.26 Å². The van der Waals surface area contributed by atoms with E-state index in [2.05, 4.69) is 0 Å². The van der Waals surface area contributed by atoms with E-state index in [0.29, 0.717) is 0 Å². The molecule has 88 valence electrons. The van der Waals surface area contributed by atoms with Crippen molar-refractivity contribution in [2.24, 2.45) is 5.73 Å². The number of carboxylic acids is 1. The first kappa shape index (κ1) is 13.0. The Hall–Kier alpha value is -1.11. The summed E-state index contributed by atoms with van der Waals surface area (Å²) in [5, 5.41) is 8.95. The Morgan fingerprint density at radius 3 is 2.50 bits per heavy atom. The monoisotopic (exact) mass is 263 g/mol. The quantitative estimate of drug-likeness (QED) is 0.842. The number of benzene rings is 1. The summed E-state index contributed by atoms with van der Waals surface area (Å²) in [5.41, 5.74) is 5.41. The molecule has 5 nitrogen and oxygen atoms in total. The summed E-state index contributed by atoms with van der Waals surface area (Å²) in [6, 6.07) is 2.50. The Morgan fingerprint density at radius 2 is 2.06 bits per heavy atom. The van der Waals surface area contributed by atoms with Crippen LogP contribution in [0.2, 0.25) is 5.02 Å². The lowest BCUT2D eigenvalue weighted by atomic mass is 10.1. The number of carboxylic acid groups (broad SMARTS) is 1. The minimum Gasteiger partial charge on any atom is -0.480 e. The number of aliphatic carboxylic acids is 1. The van der Waals surface area contributed by atoms with Gasteiger partial charge < -0.3 is 10.8 Å². The molecule has 1 rings (SSSR count). The lowest BCUT2D eigenvalue weighted by molar-refractivity contribution is -0.138. The van der Waals surface area contributed by atoms with E-state index in [-0.39, 0.29) is 15.5 Å². The van der Waals surface area contributed by atoms with Crippen molar-refractivity contribution in [2.45, 2.75) is 10.9 Å². The van der Waals surface area contributed by atoms with Gasteiger partial charge in [-0.15, -0.1) is 0 Å². The number of rotatable bonds is 3. The molecule has 0 spiro atoms. The van der Waals surface area contributed by atoms with Crippen LogP contribution in [-0.2, 0) is 14.6 Å². The van der Waals surface area contributed by atoms with Gasteiger partial charge in [-0.2, -0.15) is 0 Å². The van der Waals surface area contributed by atoms with E-state index < -0.39 is 21.8 Å². The van der Waals surface area contributed by atoms with Gasteiger partial charge in [-0.3, -0.25) is 4.79 Å². The molecule has 0 saturated heterocycles. The fraction of sp³-hybridized carbons (Fsp3) is 0.222. The van der Waals surface area contributed by atoms with Crippen molar-refractivity contribution >= 4 is 27.4 Å². The predicted octanol–water partition coefficient (Wildman–Crippen LogP) is 0.828. The molecule has 0 fully saturated rings. The Balaban J connectivity index is 3.46. The Labute approximate surface area is 97.8 Å². The van der Waals surface area contributed by atoms with Gasteiger partial charge in [0.15, 0.2) is 9.84 Å². The molecule has 0 radical (unpaired) electrons. The normalized spacial score (nSPS) is 13.4. The van der Waals surface area contributed by atoms with Crippen molar-refractivity contribution in [1.82, 2.24) is 0 Å². The van der Waals surface area contributed by atoms with Gasteiger partial charge in [0.2, 0.25) is 0 Å². The fourth-order valence-electron chi connectivity index (χ4n) is 1.22. The average molecular weight is 264 g/mol. The lowest BCUT2D eigenvalue weighted by Gasteiger charge is -2.11. The van der Waals surface area contributed by atoms with E-state index in [1.54, 1.807) is 0 Å². The van der Waals surface area contributed by atoms with E-state index >= 15 is 0 Å². The van der Waals surface area contributed by atoms with Crippen LogP contribution in [-0.4, -0.2) is 25.7 Å². The summed E-state index contributed by atoms with van der Waals surface area (Å²) in [7, 11) is -3.56. The van der Waals surface area contributed by atoms with Gasteiger partial charge in [0.25, 0.3) is 0 Å². The molecule has 0 aliphatic rings. The van der Waals surface area contributed by atoms with Gasteiger partial charge in [0.1, 0.15) is 6.04 Å². The van der Waals surface area contributed by atoms with Crippen LogP contribution in [0.25, 0.3) is 0 Å². The second-order valence-electron chi connectivity index (χ2n) is 3.27. The Morgan fingerprint density at radius 1 is 1.50 bits per heavy atom. The first-order chi connectivity index (χ1) is 7.23. The highest BCUT2D eigenvalue weighted by Gasteiger charge is 2.22. The van der Waals surface area contributed by atoms with Crippen LogP contribution in [0.4, 0.5) is 0 Å². The highest BCUT2D eigenvalue weighted by Crippen LogP contribution is 2.25. The molecular formula is C9H10ClNO4S. The maximum absolute atomic E-state index is 11.4. The zero-order valence-electron chi connectivity index (χ0n) is 8.34. The number of hydrogen-bond donors (Lipinski definition) is 2. The molecule has 0 heterocycles. The zero-order chi connectivity index (χ0) is 12.5. The summed E-state index contributed by atoms with van der Waals surface area (Å²) < 4.78 is 22.9. The third-order valence-electron chi connectivity index (χ3n) is 1.98. The summed E-state index contributed by atoms with van der Waals surface area (Å²) >= 11 is 5.65. The third-order valence-corrected chi connectivity index (χ3v) is 3.36. The Bertz CT molecular complexity index is 526. The van der Waals surface area contributed by atoms with Crippen LogP contribution < -0.4 is 5.73 Å². The number of carbonyl (C=O) groups is 1. The van der Waals surface area contributed by atoms with Crippen LogP contribution in [0.15, 0.2) is 23.1 Å². The first-order valence-electron chi connectivity index (χ1n) is 4.21. The average Bonchev–Trinajstić information content (AvgIpc) is 2.15. The molecule has 1 aromatic rings. The summed E-state index contributed by atoms with van der Waals surface area (Å²) in [6.45, 7) is 0. The molecule has 0 aliphatic heterocycles. The molecule has 1 atom stereocenters. The van der Waals surface area contributed by atoms with Gasteiger partial charge >= 0.3 is 5.97 Å². The van der Waals surface area contributed by atoms with Crippen LogP contribution in [0.5, 0.6) is 0 Å². The number of nitrogens with two attached hydrogens (primary N) is 1. The molecule has 7 heteroatoms. The topological polar surface area (TPSA) is 97.5 Å². The SMILES string of the molecule is CS(=O)(=O)c1cc(Cl)ccc1[C@H](N)C(=O)O. The molecule has 3 N–H and O–H groups in total. The first-order valence-corrected chi connectivity index (χ1v) is 6.48. The summed E-state index contributed by atoms with van der Waals surface area (Å²) in [5.74, 6) is -1.30. The number of sulfone groups is 1. The molecule has 0 bridgehead atoms. The Kier molecular flexibility index (Phi) is 3.57. The largest absolute Gasteiger partial charge is 0.480 e. The molecule has 0 aliphatic carbocycles. The smallest absolute Gasteiger partial charge is 0.325 e. The van der Waals surface area contributed by atoms with Gasteiger partial charge in [-0.1, -0.05) is 17.7 Å². The molecule has 0 saturated carbocycles. The highest BCUT2D eigenvalue weighted by molar-refractivity contribution is 7.90. The predicted molar refractivity (Wildman–Crippen MR) is 59.1 cm³/mol. The van der Waals surface area contributed by atoms with Crippen molar-refractivity contribution in [3.63, 3.8) is 0 Å². The van der Waals surface area contributed by atoms with Gasteiger partial charge in [-0.25, -0.2) is 8.42 Å². The number of hydrogen-bond acceptors (Lipinski definition) is 4. The van der Waals surface area contributed by atoms with Crippen LogP contribution in [0.1, 0.15) is 11.6 Å². The molecular weight excluding hydrogens is 254 g/mol. The van der Waals surface area contributed by atoms with Crippen molar-refractivity contribution in [3.8, 4) is 0 Å². The number of halogens is 1. The van der Waals surface area contributed by atoms with Gasteiger partial charge in [-0.05, 0) is 17.7 Å². The van der Waals surface area contributed by atoms with Gasteiger partial charge in [0.05, 0.1) is 4.90 Å². The minimum atomic E-state index is -3.56. The molecule has 0 aromatic heterocycles. The van der Waals surface area contributed by atoms with E-state index in [9.17, 15) is 13.2 Å². The van der Waals surface area contributed by atoms with E-state index in [4.69, 9.17) is 22.4 Å². The molecule has 1 aromatic carbocycles. The standard InChI is InChI=1S/C9H10ClNO4S/c1-16(14,15)7-4-5(10)2-3-6(7)8(11)9(12)13/h2-4,8H,11H2,1H3,(H,12,13)/t8-/m0/s1. The summed E-state index contributed by atoms with van der Waals surface area (Å²) in [4.78, 5) is 10.6. The maximum Gasteiger partial charge on any atom is 0.325 e. The minimum absolute atomic E-state index is 0.0272. The third kappa shape index (κ3) is 2.72. The fourth-order valence-corrected chi connectivity index (χ4v) is 2.42. The van der Waals surface area contributed by atoms with Crippen LogP contribution in [0, 0.1) is 0 Å². The van der Waals surface area contributed by atoms with Crippen molar-refractivity contribution in [3.05, 3.63) is 28.8 Å². The summed E-state index contributed by atoms with van der Waals surface area (Å²) in [6.07, 6.45) is 0.969. The van der Waals surface area contributed by atoms with Gasteiger partial charge in [0, 0.05) is 11.3 Å². The molecule has 0 amide bonds. The molecule has 0 unspecified atom stereocenters. The van der Waals surface area contributed by atoms with Crippen molar-refractivity contribution in [1.29, 1.82) is 0 Å². The van der Waals surface area contributed by atoms with E-state index in [1.165, 1.54) is 18.2 Å². The zero-order valence-corrected chi connectivity index (χ0v) is 9.92. The van der Waals surface area contributed by atoms with E-state index in [0.717, 1.165) is 6.26 Å².